The predicted octanol–water partition coefficient (Wildman–Crippen LogP) is 4.49. The summed E-state index contributed by atoms with van der Waals surface area (Å²) in [6, 6.07) is 16.7. The molecule has 2 aromatic heterocycles. The van der Waals surface area contributed by atoms with E-state index in [1.54, 1.807) is 24.3 Å². The molecule has 158 valence electrons. The molecule has 0 aliphatic heterocycles. The highest BCUT2D eigenvalue weighted by Crippen LogP contribution is 2.27. The van der Waals surface area contributed by atoms with E-state index in [4.69, 9.17) is 0 Å². The normalized spacial score (nSPS) is 11.3. The fraction of sp³-hybridized carbons (Fsp3) is 0.0952. The van der Waals surface area contributed by atoms with Gasteiger partial charge in [-0.15, -0.1) is 22.7 Å². The van der Waals surface area contributed by atoms with E-state index >= 15 is 0 Å². The first-order valence-corrected chi connectivity index (χ1v) is 12.8. The summed E-state index contributed by atoms with van der Waals surface area (Å²) in [5.74, 6) is -0.182. The number of carbonyl (C=O) groups is 1. The molecule has 0 unspecified atom stereocenters. The molecule has 0 aliphatic rings. The van der Waals surface area contributed by atoms with E-state index in [9.17, 15) is 13.2 Å². The summed E-state index contributed by atoms with van der Waals surface area (Å²) in [6.45, 7) is 0. The first kappa shape index (κ1) is 21.2. The van der Waals surface area contributed by atoms with Crippen LogP contribution in [-0.4, -0.2) is 30.5 Å². The van der Waals surface area contributed by atoms with Crippen molar-refractivity contribution in [2.75, 3.05) is 16.3 Å². The van der Waals surface area contributed by atoms with E-state index < -0.39 is 10.0 Å². The summed E-state index contributed by atoms with van der Waals surface area (Å²) in [6.07, 6.45) is 1.27. The molecule has 0 radical (unpaired) electrons. The average Bonchev–Trinajstić information content (AvgIpc) is 3.38. The van der Waals surface area contributed by atoms with E-state index in [-0.39, 0.29) is 12.3 Å². The molecule has 4 aromatic rings. The molecule has 4 rings (SSSR count). The topological polar surface area (TPSA) is 101 Å². The van der Waals surface area contributed by atoms with E-state index in [1.165, 1.54) is 22.7 Å². The first-order valence-electron chi connectivity index (χ1n) is 9.19. The fourth-order valence-electron chi connectivity index (χ4n) is 2.82. The third-order valence-corrected chi connectivity index (χ3v) is 6.45. The number of anilines is 2. The molecule has 7 nitrogen and oxygen atoms in total. The van der Waals surface area contributed by atoms with Crippen LogP contribution in [0.1, 0.15) is 5.69 Å². The van der Waals surface area contributed by atoms with Crippen LogP contribution < -0.4 is 10.0 Å². The van der Waals surface area contributed by atoms with Gasteiger partial charge in [0.15, 0.2) is 5.13 Å². The second kappa shape index (κ2) is 8.96. The summed E-state index contributed by atoms with van der Waals surface area (Å²) in [7, 11) is -3.32. The van der Waals surface area contributed by atoms with Crippen molar-refractivity contribution in [1.82, 2.24) is 9.97 Å². The Bertz CT molecular complexity index is 1300. The van der Waals surface area contributed by atoms with Crippen LogP contribution in [0, 0.1) is 0 Å². The number of benzene rings is 2. The van der Waals surface area contributed by atoms with E-state index in [0.717, 1.165) is 22.4 Å². The van der Waals surface area contributed by atoms with Crippen LogP contribution in [0.4, 0.5) is 10.8 Å². The number of hydrogen-bond acceptors (Lipinski definition) is 7. The van der Waals surface area contributed by atoms with Crippen LogP contribution >= 0.6 is 22.7 Å². The van der Waals surface area contributed by atoms with Gasteiger partial charge in [-0.2, -0.15) is 0 Å². The summed E-state index contributed by atoms with van der Waals surface area (Å²) in [5.41, 5.74) is 3.75. The van der Waals surface area contributed by atoms with Gasteiger partial charge in [0.1, 0.15) is 5.01 Å². The van der Waals surface area contributed by atoms with Crippen molar-refractivity contribution >= 4 is 49.4 Å². The molecule has 0 fully saturated rings. The Morgan fingerprint density at radius 3 is 2.39 bits per heavy atom. The van der Waals surface area contributed by atoms with Crippen LogP contribution in [0.2, 0.25) is 0 Å². The van der Waals surface area contributed by atoms with Crippen molar-refractivity contribution in [3.05, 3.63) is 71.1 Å². The Morgan fingerprint density at radius 1 is 0.935 bits per heavy atom. The maximum Gasteiger partial charge on any atom is 0.232 e. The van der Waals surface area contributed by atoms with Crippen molar-refractivity contribution in [1.29, 1.82) is 0 Å². The molecule has 0 bridgehead atoms. The summed E-state index contributed by atoms with van der Waals surface area (Å²) in [4.78, 5) is 21.4. The van der Waals surface area contributed by atoms with Gasteiger partial charge in [0.25, 0.3) is 0 Å². The standard InChI is InChI=1S/C21H18N4O3S3/c1-31(27,28)25-16-9-7-14(8-10-16)18-13-30-21(23-18)24-19(26)11-17-12-29-20(22-17)15-5-3-2-4-6-15/h2-10,12-13,25H,11H2,1H3,(H,23,24,26). The minimum absolute atomic E-state index is 0.171. The Kier molecular flexibility index (Phi) is 6.12. The molecule has 0 saturated heterocycles. The van der Waals surface area contributed by atoms with Crippen molar-refractivity contribution in [2.45, 2.75) is 6.42 Å². The lowest BCUT2D eigenvalue weighted by molar-refractivity contribution is -0.115. The molecule has 0 saturated carbocycles. The zero-order valence-electron chi connectivity index (χ0n) is 16.4. The Hall–Kier alpha value is -3.08. The lowest BCUT2D eigenvalue weighted by atomic mass is 10.1. The number of rotatable bonds is 7. The maximum absolute atomic E-state index is 12.4. The zero-order chi connectivity index (χ0) is 21.8. The summed E-state index contributed by atoms with van der Waals surface area (Å²) >= 11 is 2.84. The van der Waals surface area contributed by atoms with Gasteiger partial charge in [0.05, 0.1) is 24.1 Å². The average molecular weight is 471 g/mol. The fourth-order valence-corrected chi connectivity index (χ4v) is 4.94. The van der Waals surface area contributed by atoms with Gasteiger partial charge in [-0.3, -0.25) is 9.52 Å². The maximum atomic E-state index is 12.4. The smallest absolute Gasteiger partial charge is 0.232 e. The second-order valence-corrected chi connectivity index (χ2v) is 10.2. The number of aromatic nitrogens is 2. The second-order valence-electron chi connectivity index (χ2n) is 6.72. The third kappa shape index (κ3) is 5.75. The van der Waals surface area contributed by atoms with E-state index in [0.29, 0.717) is 22.2 Å². The Morgan fingerprint density at radius 2 is 1.68 bits per heavy atom. The molecule has 2 heterocycles. The third-order valence-electron chi connectivity index (χ3n) is 4.15. The summed E-state index contributed by atoms with van der Waals surface area (Å²) in [5, 5.41) is 7.92. The van der Waals surface area contributed by atoms with Gasteiger partial charge in [-0.25, -0.2) is 18.4 Å². The number of carbonyl (C=O) groups excluding carboxylic acids is 1. The number of hydrogen-bond donors (Lipinski definition) is 2. The number of sulfonamides is 1. The van der Waals surface area contributed by atoms with Crippen molar-refractivity contribution in [3.63, 3.8) is 0 Å². The van der Waals surface area contributed by atoms with Crippen molar-refractivity contribution in [2.24, 2.45) is 0 Å². The van der Waals surface area contributed by atoms with Crippen LogP contribution in [0.15, 0.2) is 65.4 Å². The molecule has 2 aromatic carbocycles. The number of thiazole rings is 2. The highest BCUT2D eigenvalue weighted by molar-refractivity contribution is 7.92. The Labute approximate surface area is 187 Å². The molecule has 31 heavy (non-hydrogen) atoms. The highest BCUT2D eigenvalue weighted by atomic mass is 32.2. The lowest BCUT2D eigenvalue weighted by Gasteiger charge is -2.04. The van der Waals surface area contributed by atoms with E-state index in [2.05, 4.69) is 20.0 Å². The molecule has 1 amide bonds. The minimum Gasteiger partial charge on any atom is -0.302 e. The Balaban J connectivity index is 1.38. The van der Waals surface area contributed by atoms with Gasteiger partial charge < -0.3 is 5.32 Å². The molecule has 0 aliphatic carbocycles. The lowest BCUT2D eigenvalue weighted by Crippen LogP contribution is -2.14. The van der Waals surface area contributed by atoms with Gasteiger partial charge in [0, 0.05) is 27.6 Å². The SMILES string of the molecule is CS(=O)(=O)Nc1ccc(-c2csc(NC(=O)Cc3csc(-c4ccccc4)n3)n2)cc1. The quantitative estimate of drug-likeness (QED) is 0.415. The van der Waals surface area contributed by atoms with Crippen LogP contribution in [0.5, 0.6) is 0 Å². The highest BCUT2D eigenvalue weighted by Gasteiger charge is 2.12. The van der Waals surface area contributed by atoms with Crippen molar-refractivity contribution in [3.8, 4) is 21.8 Å². The van der Waals surface area contributed by atoms with E-state index in [1.807, 2.05) is 41.1 Å². The van der Waals surface area contributed by atoms with Crippen molar-refractivity contribution < 1.29 is 13.2 Å². The summed E-state index contributed by atoms with van der Waals surface area (Å²) < 4.78 is 25.0. The van der Waals surface area contributed by atoms with Crippen LogP contribution in [0.3, 0.4) is 0 Å². The van der Waals surface area contributed by atoms with Gasteiger partial charge in [0.2, 0.25) is 15.9 Å². The molecular weight excluding hydrogens is 452 g/mol. The van der Waals surface area contributed by atoms with Gasteiger partial charge in [-0.1, -0.05) is 42.5 Å². The monoisotopic (exact) mass is 470 g/mol. The van der Waals surface area contributed by atoms with Gasteiger partial charge in [-0.05, 0) is 12.1 Å². The molecule has 10 heteroatoms. The zero-order valence-corrected chi connectivity index (χ0v) is 18.9. The van der Waals surface area contributed by atoms with Gasteiger partial charge >= 0.3 is 0 Å². The molecule has 2 N–H and O–H groups in total. The number of amides is 1. The number of nitrogens with zero attached hydrogens (tertiary/aromatic N) is 2. The first-order chi connectivity index (χ1) is 14.9. The molecule has 0 spiro atoms. The predicted molar refractivity (Wildman–Crippen MR) is 126 cm³/mol. The largest absolute Gasteiger partial charge is 0.302 e. The molecular formula is C21H18N4O3S3. The van der Waals surface area contributed by atoms with Crippen LogP contribution in [0.25, 0.3) is 21.8 Å². The van der Waals surface area contributed by atoms with Crippen LogP contribution in [-0.2, 0) is 21.2 Å². The molecule has 0 atom stereocenters. The number of nitrogens with one attached hydrogen (secondary N) is 2. The minimum atomic E-state index is -3.32.